The van der Waals surface area contributed by atoms with E-state index in [0.717, 1.165) is 24.8 Å². The summed E-state index contributed by atoms with van der Waals surface area (Å²) in [6, 6.07) is 23.9. The van der Waals surface area contributed by atoms with E-state index >= 15 is 0 Å². The van der Waals surface area contributed by atoms with E-state index in [1.165, 1.54) is 22.2 Å². The molecule has 2 amide bonds. The summed E-state index contributed by atoms with van der Waals surface area (Å²) < 4.78 is 0. The SMILES string of the molecule is CCCCc1ccc(NC(=O)/C(C#N)=C2/SC(Cc3cccc(Cl)c3Cl)C(=O)N2c2ccccc2)cc1. The van der Waals surface area contributed by atoms with Gasteiger partial charge < -0.3 is 5.32 Å². The van der Waals surface area contributed by atoms with Gasteiger partial charge in [0.25, 0.3) is 5.91 Å². The first-order chi connectivity index (χ1) is 17.9. The van der Waals surface area contributed by atoms with Crippen LogP contribution in [0.25, 0.3) is 0 Å². The largest absolute Gasteiger partial charge is 0.321 e. The van der Waals surface area contributed by atoms with E-state index in [4.69, 9.17) is 23.2 Å². The van der Waals surface area contributed by atoms with Crippen LogP contribution in [-0.4, -0.2) is 17.1 Å². The average Bonchev–Trinajstić information content (AvgIpc) is 3.22. The Labute approximate surface area is 231 Å². The first kappa shape index (κ1) is 26.8. The number of benzene rings is 3. The molecule has 0 saturated carbocycles. The van der Waals surface area contributed by atoms with Crippen LogP contribution in [0.3, 0.4) is 0 Å². The van der Waals surface area contributed by atoms with Crippen molar-refractivity contribution in [2.24, 2.45) is 0 Å². The summed E-state index contributed by atoms with van der Waals surface area (Å²) in [6.07, 6.45) is 3.48. The number of unbranched alkanes of at least 4 members (excludes halogenated alkanes) is 1. The average molecular weight is 551 g/mol. The van der Waals surface area contributed by atoms with Gasteiger partial charge in [0.05, 0.1) is 15.3 Å². The lowest BCUT2D eigenvalue weighted by atomic mass is 10.1. The topological polar surface area (TPSA) is 73.2 Å². The zero-order chi connectivity index (χ0) is 26.4. The van der Waals surface area contributed by atoms with Crippen molar-refractivity contribution < 1.29 is 9.59 Å². The quantitative estimate of drug-likeness (QED) is 0.234. The maximum atomic E-state index is 13.6. The minimum atomic E-state index is -0.583. The minimum Gasteiger partial charge on any atom is -0.321 e. The molecule has 1 fully saturated rings. The Morgan fingerprint density at radius 2 is 1.78 bits per heavy atom. The van der Waals surface area contributed by atoms with Crippen molar-refractivity contribution in [3.05, 3.63) is 105 Å². The van der Waals surface area contributed by atoms with Crippen LogP contribution in [0.15, 0.2) is 83.4 Å². The molecular weight excluding hydrogens is 525 g/mol. The number of aryl methyl sites for hydroxylation is 1. The first-order valence-electron chi connectivity index (χ1n) is 12.0. The molecule has 1 unspecified atom stereocenters. The number of hydrogen-bond acceptors (Lipinski definition) is 4. The number of para-hydroxylation sites is 1. The molecule has 1 atom stereocenters. The lowest BCUT2D eigenvalue weighted by Crippen LogP contribution is -2.31. The Morgan fingerprint density at radius 3 is 2.46 bits per heavy atom. The lowest BCUT2D eigenvalue weighted by Gasteiger charge is -2.18. The summed E-state index contributed by atoms with van der Waals surface area (Å²) in [7, 11) is 0. The van der Waals surface area contributed by atoms with Crippen molar-refractivity contribution in [1.29, 1.82) is 5.26 Å². The number of carbonyl (C=O) groups is 2. The van der Waals surface area contributed by atoms with E-state index in [-0.39, 0.29) is 11.5 Å². The molecule has 0 aliphatic carbocycles. The lowest BCUT2D eigenvalue weighted by molar-refractivity contribution is -0.117. The van der Waals surface area contributed by atoms with Gasteiger partial charge >= 0.3 is 0 Å². The van der Waals surface area contributed by atoms with Gasteiger partial charge in [0.2, 0.25) is 5.91 Å². The summed E-state index contributed by atoms with van der Waals surface area (Å²) in [5.74, 6) is -0.801. The fraction of sp³-hybridized carbons (Fsp3) is 0.207. The molecule has 0 bridgehead atoms. The van der Waals surface area contributed by atoms with Crippen molar-refractivity contribution in [2.45, 2.75) is 37.9 Å². The molecule has 1 saturated heterocycles. The fourth-order valence-corrected chi connectivity index (χ4v) is 5.73. The molecule has 1 heterocycles. The Morgan fingerprint density at radius 1 is 1.05 bits per heavy atom. The van der Waals surface area contributed by atoms with E-state index in [0.29, 0.717) is 32.9 Å². The molecule has 3 aromatic carbocycles. The molecular formula is C29H25Cl2N3O2S. The number of thioether (sulfide) groups is 1. The van der Waals surface area contributed by atoms with Gasteiger partial charge in [-0.15, -0.1) is 0 Å². The highest BCUT2D eigenvalue weighted by Gasteiger charge is 2.41. The second-order valence-electron chi connectivity index (χ2n) is 8.58. The summed E-state index contributed by atoms with van der Waals surface area (Å²) in [4.78, 5) is 28.3. The normalized spacial score (nSPS) is 16.4. The molecule has 0 spiro atoms. The van der Waals surface area contributed by atoms with Gasteiger partial charge in [0.1, 0.15) is 16.7 Å². The smallest absolute Gasteiger partial charge is 0.269 e. The molecule has 1 N–H and O–H groups in total. The predicted molar refractivity (Wildman–Crippen MR) is 152 cm³/mol. The maximum absolute atomic E-state index is 13.6. The predicted octanol–water partition coefficient (Wildman–Crippen LogP) is 7.40. The molecule has 1 aliphatic rings. The molecule has 4 rings (SSSR count). The number of hydrogen-bond donors (Lipinski definition) is 1. The Bertz CT molecular complexity index is 1370. The number of anilines is 2. The van der Waals surface area contributed by atoms with Crippen molar-refractivity contribution in [3.63, 3.8) is 0 Å². The van der Waals surface area contributed by atoms with Crippen LogP contribution in [-0.2, 0) is 22.4 Å². The summed E-state index contributed by atoms with van der Waals surface area (Å²) >= 11 is 13.7. The molecule has 8 heteroatoms. The zero-order valence-corrected chi connectivity index (χ0v) is 22.5. The summed E-state index contributed by atoms with van der Waals surface area (Å²) in [6.45, 7) is 2.14. The molecule has 3 aromatic rings. The third-order valence-corrected chi connectivity index (χ3v) is 8.11. The highest BCUT2D eigenvalue weighted by atomic mass is 35.5. The van der Waals surface area contributed by atoms with E-state index < -0.39 is 11.2 Å². The molecule has 0 radical (unpaired) electrons. The van der Waals surface area contributed by atoms with Gasteiger partial charge in [-0.25, -0.2) is 0 Å². The van der Waals surface area contributed by atoms with Gasteiger partial charge in [-0.1, -0.05) is 90.8 Å². The fourth-order valence-electron chi connectivity index (χ4n) is 4.03. The molecule has 37 heavy (non-hydrogen) atoms. The number of carbonyl (C=O) groups excluding carboxylic acids is 2. The first-order valence-corrected chi connectivity index (χ1v) is 13.6. The number of nitriles is 1. The highest BCUT2D eigenvalue weighted by molar-refractivity contribution is 8.05. The van der Waals surface area contributed by atoms with E-state index in [9.17, 15) is 14.9 Å². The Kier molecular flexibility index (Phi) is 8.94. The summed E-state index contributed by atoms with van der Waals surface area (Å²) in [5, 5.41) is 13.3. The molecule has 1 aliphatic heterocycles. The van der Waals surface area contributed by atoms with Gasteiger partial charge in [0, 0.05) is 11.4 Å². The van der Waals surface area contributed by atoms with E-state index in [2.05, 4.69) is 12.2 Å². The number of nitrogens with one attached hydrogen (secondary N) is 1. The van der Waals surface area contributed by atoms with Gasteiger partial charge in [-0.3, -0.25) is 14.5 Å². The van der Waals surface area contributed by atoms with Crippen LogP contribution >= 0.6 is 35.0 Å². The maximum Gasteiger partial charge on any atom is 0.269 e. The van der Waals surface area contributed by atoms with Crippen LogP contribution < -0.4 is 10.2 Å². The third kappa shape index (κ3) is 6.19. The van der Waals surface area contributed by atoms with Gasteiger partial charge in [0.15, 0.2) is 0 Å². The second-order valence-corrected chi connectivity index (χ2v) is 10.6. The van der Waals surface area contributed by atoms with Crippen molar-refractivity contribution in [3.8, 4) is 6.07 Å². The van der Waals surface area contributed by atoms with Crippen molar-refractivity contribution >= 4 is 58.2 Å². The Balaban J connectivity index is 1.65. The van der Waals surface area contributed by atoms with Crippen molar-refractivity contribution in [2.75, 3.05) is 10.2 Å². The van der Waals surface area contributed by atoms with Crippen LogP contribution in [0.1, 0.15) is 30.9 Å². The number of rotatable bonds is 8. The van der Waals surface area contributed by atoms with Gasteiger partial charge in [-0.2, -0.15) is 5.26 Å². The van der Waals surface area contributed by atoms with Gasteiger partial charge in [-0.05, 0) is 60.7 Å². The van der Waals surface area contributed by atoms with E-state index in [1.807, 2.05) is 42.5 Å². The minimum absolute atomic E-state index is 0.128. The van der Waals surface area contributed by atoms with Crippen LogP contribution in [0.5, 0.6) is 0 Å². The van der Waals surface area contributed by atoms with Crippen LogP contribution in [0, 0.1) is 11.3 Å². The van der Waals surface area contributed by atoms with Crippen molar-refractivity contribution in [1.82, 2.24) is 0 Å². The number of halogens is 2. The molecule has 5 nitrogen and oxygen atoms in total. The van der Waals surface area contributed by atoms with Crippen LogP contribution in [0.4, 0.5) is 11.4 Å². The second kappa shape index (κ2) is 12.3. The summed E-state index contributed by atoms with van der Waals surface area (Å²) in [5.41, 5.74) is 2.95. The standard InChI is InChI=1S/C29H25Cl2N3O2S/c1-2-3-8-19-13-15-21(16-14-19)33-27(35)23(18-32)29-34(22-10-5-4-6-11-22)28(36)25(37-29)17-20-9-7-12-24(30)26(20)31/h4-7,9-16,25H,2-3,8,17H2,1H3,(H,33,35)/b29-23+. The molecule has 188 valence electrons. The number of nitrogens with zero attached hydrogens (tertiary/aromatic N) is 2. The monoisotopic (exact) mass is 549 g/mol. The third-order valence-electron chi connectivity index (χ3n) is 5.99. The van der Waals surface area contributed by atoms with E-state index in [1.54, 1.807) is 36.4 Å². The highest BCUT2D eigenvalue weighted by Crippen LogP contribution is 2.43. The Hall–Kier alpha value is -3.24. The number of amides is 2. The van der Waals surface area contributed by atoms with Crippen LogP contribution in [0.2, 0.25) is 10.0 Å². The molecule has 0 aromatic heterocycles. The zero-order valence-electron chi connectivity index (χ0n) is 20.2.